The molecule has 0 aromatic carbocycles. The molecule has 1 N–H and O–H groups in total. The van der Waals surface area contributed by atoms with Crippen molar-refractivity contribution in [3.8, 4) is 0 Å². The average molecular weight is 353 g/mol. The van der Waals surface area contributed by atoms with Gasteiger partial charge in [0.1, 0.15) is 6.10 Å². The first-order valence-electron chi connectivity index (χ1n) is 8.00. The van der Waals surface area contributed by atoms with E-state index in [-0.39, 0.29) is 23.2 Å². The van der Waals surface area contributed by atoms with E-state index < -0.39 is 10.0 Å². The molecule has 0 spiro atoms. The van der Waals surface area contributed by atoms with Gasteiger partial charge in [-0.1, -0.05) is 0 Å². The van der Waals surface area contributed by atoms with Crippen LogP contribution >= 0.6 is 0 Å². The third-order valence-electron chi connectivity index (χ3n) is 4.24. The Morgan fingerprint density at radius 1 is 1.38 bits per heavy atom. The monoisotopic (exact) mass is 353 g/mol. The molecule has 0 saturated carbocycles. The summed E-state index contributed by atoms with van der Waals surface area (Å²) in [6, 6.07) is -0.0217. The van der Waals surface area contributed by atoms with Crippen LogP contribution in [-0.2, 0) is 21.8 Å². The van der Waals surface area contributed by atoms with Gasteiger partial charge in [0.2, 0.25) is 0 Å². The lowest BCUT2D eigenvalue weighted by molar-refractivity contribution is -0.0000534. The Morgan fingerprint density at radius 2 is 2.17 bits per heavy atom. The van der Waals surface area contributed by atoms with E-state index >= 15 is 0 Å². The Hall–Kier alpha value is -1.71. The van der Waals surface area contributed by atoms with Crippen LogP contribution in [0.4, 0.5) is 0 Å². The number of hydrogen-bond donors (Lipinski definition) is 1. The van der Waals surface area contributed by atoms with Crippen LogP contribution in [0.2, 0.25) is 0 Å². The van der Waals surface area contributed by atoms with Gasteiger partial charge in [-0.2, -0.15) is 0 Å². The molecule has 2 aromatic heterocycles. The molecule has 0 aliphatic carbocycles. The van der Waals surface area contributed by atoms with Crippen molar-refractivity contribution in [3.05, 3.63) is 30.7 Å². The zero-order chi connectivity index (χ0) is 17.3. The van der Waals surface area contributed by atoms with E-state index in [0.29, 0.717) is 19.4 Å². The lowest BCUT2D eigenvalue weighted by atomic mass is 10.0. The second-order valence-corrected chi connectivity index (χ2v) is 8.05. The maximum atomic E-state index is 12.6. The van der Waals surface area contributed by atoms with Gasteiger partial charge in [0, 0.05) is 31.9 Å². The first-order chi connectivity index (χ1) is 11.4. The second kappa shape index (κ2) is 6.66. The molecule has 1 saturated heterocycles. The van der Waals surface area contributed by atoms with Crippen LogP contribution in [-0.4, -0.2) is 40.2 Å². The summed E-state index contributed by atoms with van der Waals surface area (Å²) >= 11 is 0. The minimum absolute atomic E-state index is 0.0553. The van der Waals surface area contributed by atoms with E-state index in [1.165, 1.54) is 0 Å². The van der Waals surface area contributed by atoms with Gasteiger partial charge in [0.25, 0.3) is 10.0 Å². The molecule has 132 valence electrons. The first-order valence-corrected chi connectivity index (χ1v) is 9.49. The summed E-state index contributed by atoms with van der Waals surface area (Å²) in [5, 5.41) is 0.0553. The number of rotatable bonds is 5. The lowest BCUT2D eigenvalue weighted by Crippen LogP contribution is -2.40. The van der Waals surface area contributed by atoms with Crippen molar-refractivity contribution in [2.24, 2.45) is 7.05 Å². The zero-order valence-corrected chi connectivity index (χ0v) is 14.9. The van der Waals surface area contributed by atoms with E-state index in [9.17, 15) is 8.42 Å². The first kappa shape index (κ1) is 17.1. The number of nitrogens with zero attached hydrogens (tertiary/aromatic N) is 4. The van der Waals surface area contributed by atoms with Crippen molar-refractivity contribution in [2.75, 3.05) is 6.61 Å². The van der Waals surface area contributed by atoms with Crippen LogP contribution in [0.5, 0.6) is 0 Å². The summed E-state index contributed by atoms with van der Waals surface area (Å²) in [6.45, 7) is 4.45. The highest BCUT2D eigenvalue weighted by Gasteiger charge is 2.30. The van der Waals surface area contributed by atoms with Crippen LogP contribution in [0.3, 0.4) is 0 Å². The molecule has 1 aliphatic rings. The van der Waals surface area contributed by atoms with Gasteiger partial charge in [0.05, 0.1) is 24.5 Å². The largest absolute Gasteiger partial charge is 0.372 e. The predicted molar refractivity (Wildman–Crippen MR) is 87.9 cm³/mol. The Bertz CT molecular complexity index is 796. The van der Waals surface area contributed by atoms with Crippen molar-refractivity contribution in [1.82, 2.24) is 23.8 Å². The average Bonchev–Trinajstić information content (AvgIpc) is 3.16. The fraction of sp³-hybridized carbons (Fsp3) is 0.600. The van der Waals surface area contributed by atoms with E-state index in [4.69, 9.17) is 4.74 Å². The van der Waals surface area contributed by atoms with Crippen LogP contribution in [0.1, 0.15) is 44.5 Å². The van der Waals surface area contributed by atoms with Crippen LogP contribution < -0.4 is 4.72 Å². The molecule has 3 rings (SSSR count). The quantitative estimate of drug-likeness (QED) is 0.877. The molecule has 9 heteroatoms. The minimum atomic E-state index is -3.63. The SMILES string of the molecule is CC(C)n1cnc(S(=O)(=O)NC2CCOC(c3cncn3C)C2)c1. The molecule has 0 bridgehead atoms. The fourth-order valence-corrected chi connectivity index (χ4v) is 4.03. The molecule has 0 amide bonds. The molecule has 1 aliphatic heterocycles. The van der Waals surface area contributed by atoms with Gasteiger partial charge in [-0.15, -0.1) is 0 Å². The van der Waals surface area contributed by atoms with Gasteiger partial charge < -0.3 is 13.9 Å². The Kier molecular flexibility index (Phi) is 4.75. The highest BCUT2D eigenvalue weighted by atomic mass is 32.2. The second-order valence-electron chi connectivity index (χ2n) is 6.38. The summed E-state index contributed by atoms with van der Waals surface area (Å²) < 4.78 is 37.3. The molecular formula is C15H23N5O3S. The number of nitrogens with one attached hydrogen (secondary N) is 1. The van der Waals surface area contributed by atoms with Gasteiger partial charge >= 0.3 is 0 Å². The summed E-state index contributed by atoms with van der Waals surface area (Å²) in [6.07, 6.45) is 7.62. The molecule has 2 unspecified atom stereocenters. The molecular weight excluding hydrogens is 330 g/mol. The lowest BCUT2D eigenvalue weighted by Gasteiger charge is -2.29. The van der Waals surface area contributed by atoms with E-state index in [0.717, 1.165) is 5.69 Å². The van der Waals surface area contributed by atoms with Crippen LogP contribution in [0, 0.1) is 0 Å². The van der Waals surface area contributed by atoms with Crippen molar-refractivity contribution < 1.29 is 13.2 Å². The molecule has 8 nitrogen and oxygen atoms in total. The topological polar surface area (TPSA) is 91.0 Å². The molecule has 2 atom stereocenters. The normalized spacial score (nSPS) is 22.2. The van der Waals surface area contributed by atoms with E-state index in [2.05, 4.69) is 14.7 Å². The summed E-state index contributed by atoms with van der Waals surface area (Å²) in [5.41, 5.74) is 0.947. The number of hydrogen-bond acceptors (Lipinski definition) is 5. The van der Waals surface area contributed by atoms with Gasteiger partial charge in [0.15, 0.2) is 5.03 Å². The Balaban J connectivity index is 1.71. The zero-order valence-electron chi connectivity index (χ0n) is 14.1. The Morgan fingerprint density at radius 3 is 2.79 bits per heavy atom. The van der Waals surface area contributed by atoms with Crippen molar-refractivity contribution in [1.29, 1.82) is 0 Å². The van der Waals surface area contributed by atoms with Crippen molar-refractivity contribution >= 4 is 10.0 Å². The third kappa shape index (κ3) is 3.52. The fourth-order valence-electron chi connectivity index (χ4n) is 2.81. The molecule has 2 aromatic rings. The van der Waals surface area contributed by atoms with Crippen molar-refractivity contribution in [2.45, 2.75) is 49.9 Å². The number of ether oxygens (including phenoxy) is 1. The summed E-state index contributed by atoms with van der Waals surface area (Å²) in [7, 11) is -1.73. The smallest absolute Gasteiger partial charge is 0.259 e. The Labute approximate surface area is 141 Å². The predicted octanol–water partition coefficient (Wildman–Crippen LogP) is 1.40. The van der Waals surface area contributed by atoms with Gasteiger partial charge in [-0.05, 0) is 26.7 Å². The third-order valence-corrected chi connectivity index (χ3v) is 5.64. The van der Waals surface area contributed by atoms with E-state index in [1.54, 1.807) is 29.6 Å². The van der Waals surface area contributed by atoms with E-state index in [1.807, 2.05) is 25.5 Å². The van der Waals surface area contributed by atoms with Gasteiger partial charge in [-0.25, -0.2) is 23.1 Å². The highest BCUT2D eigenvalue weighted by molar-refractivity contribution is 7.89. The maximum Gasteiger partial charge on any atom is 0.259 e. The standard InChI is InChI=1S/C15H23N5O3S/c1-11(2)20-8-15(17-10-20)24(21,22)18-12-4-5-23-14(6-12)13-7-16-9-19(13)3/h7-12,14,18H,4-6H2,1-3H3. The van der Waals surface area contributed by atoms with Crippen LogP contribution in [0.15, 0.2) is 30.1 Å². The molecule has 1 fully saturated rings. The summed E-state index contributed by atoms with van der Waals surface area (Å²) in [5.74, 6) is 0. The van der Waals surface area contributed by atoms with Gasteiger partial charge in [-0.3, -0.25) is 0 Å². The highest BCUT2D eigenvalue weighted by Crippen LogP contribution is 2.28. The minimum Gasteiger partial charge on any atom is -0.372 e. The number of sulfonamides is 1. The molecule has 24 heavy (non-hydrogen) atoms. The number of aromatic nitrogens is 4. The summed E-state index contributed by atoms with van der Waals surface area (Å²) in [4.78, 5) is 8.12. The number of imidazole rings is 2. The van der Waals surface area contributed by atoms with Crippen LogP contribution in [0.25, 0.3) is 0 Å². The van der Waals surface area contributed by atoms with Crippen molar-refractivity contribution in [3.63, 3.8) is 0 Å². The molecule has 3 heterocycles. The maximum absolute atomic E-state index is 12.6. The molecule has 0 radical (unpaired) electrons. The number of aryl methyl sites for hydroxylation is 1.